The first kappa shape index (κ1) is 14.5. The molecule has 1 heterocycles. The van der Waals surface area contributed by atoms with Crippen molar-refractivity contribution in [2.24, 2.45) is 0 Å². The lowest BCUT2D eigenvalue weighted by Gasteiger charge is -2.14. The van der Waals surface area contributed by atoms with Crippen molar-refractivity contribution >= 4 is 21.9 Å². The van der Waals surface area contributed by atoms with E-state index in [9.17, 15) is 9.59 Å². The van der Waals surface area contributed by atoms with Crippen LogP contribution in [0.1, 0.15) is 24.8 Å². The van der Waals surface area contributed by atoms with Crippen LogP contribution in [0.5, 0.6) is 0 Å². The molecule has 0 fully saturated rings. The van der Waals surface area contributed by atoms with E-state index in [-0.39, 0.29) is 12.1 Å². The van der Waals surface area contributed by atoms with Crippen molar-refractivity contribution in [3.8, 4) is 12.3 Å². The fraction of sp³-hybridized carbons (Fsp3) is 0.385. The number of pyridine rings is 1. The number of esters is 1. The Bertz CT molecular complexity index is 542. The highest BCUT2D eigenvalue weighted by Gasteiger charge is 2.23. The van der Waals surface area contributed by atoms with Crippen molar-refractivity contribution in [1.29, 1.82) is 0 Å². The van der Waals surface area contributed by atoms with E-state index in [4.69, 9.17) is 11.2 Å². The molecular weight excluding hydrogens is 298 g/mol. The van der Waals surface area contributed by atoms with Crippen LogP contribution in [0.2, 0.25) is 0 Å². The monoisotopic (exact) mass is 311 g/mol. The third-order valence-corrected chi connectivity index (χ3v) is 3.36. The summed E-state index contributed by atoms with van der Waals surface area (Å²) in [5.41, 5.74) is 0.141. The zero-order chi connectivity index (χ0) is 13.7. The van der Waals surface area contributed by atoms with Gasteiger partial charge < -0.3 is 4.74 Å². The van der Waals surface area contributed by atoms with Crippen molar-refractivity contribution in [3.05, 3.63) is 32.7 Å². The lowest BCUT2D eigenvalue weighted by Crippen LogP contribution is -2.28. The van der Waals surface area contributed by atoms with Crippen LogP contribution in [0, 0.1) is 12.3 Å². The van der Waals surface area contributed by atoms with Gasteiger partial charge in [0.25, 0.3) is 5.56 Å². The number of aromatic nitrogens is 1. The van der Waals surface area contributed by atoms with E-state index in [1.165, 1.54) is 11.7 Å². The molecule has 4 nitrogen and oxygen atoms in total. The summed E-state index contributed by atoms with van der Waals surface area (Å²) in [6, 6.07) is 3.34. The van der Waals surface area contributed by atoms with Crippen molar-refractivity contribution in [2.45, 2.75) is 25.8 Å². The van der Waals surface area contributed by atoms with Gasteiger partial charge in [0.05, 0.1) is 24.2 Å². The number of hydrogen-bond acceptors (Lipinski definition) is 3. The van der Waals surface area contributed by atoms with Crippen LogP contribution in [0.4, 0.5) is 0 Å². The standard InChI is InChI=1S/C13H14BrNO3/c1-4-8-15-11(14)7-6-10(12(15)16)9(5-2)13(17)18-3/h1,6-7,9H,5,8H2,2-3H3. The minimum atomic E-state index is -0.556. The SMILES string of the molecule is C#CCn1c(Br)ccc(C(CC)C(=O)OC)c1=O. The summed E-state index contributed by atoms with van der Waals surface area (Å²) < 4.78 is 6.70. The zero-order valence-electron chi connectivity index (χ0n) is 10.3. The second-order valence-corrected chi connectivity index (χ2v) is 4.50. The Hall–Kier alpha value is -1.54. The van der Waals surface area contributed by atoms with Gasteiger partial charge in [0.15, 0.2) is 0 Å². The molecule has 0 aliphatic rings. The fourth-order valence-electron chi connectivity index (χ4n) is 1.73. The highest BCUT2D eigenvalue weighted by molar-refractivity contribution is 9.10. The normalized spacial score (nSPS) is 11.7. The molecule has 0 spiro atoms. The van der Waals surface area contributed by atoms with Gasteiger partial charge in [-0.25, -0.2) is 0 Å². The number of nitrogens with zero attached hydrogens (tertiary/aromatic N) is 1. The molecule has 1 aromatic rings. The van der Waals surface area contributed by atoms with Crippen LogP contribution in [-0.4, -0.2) is 17.6 Å². The van der Waals surface area contributed by atoms with Gasteiger partial charge in [-0.05, 0) is 28.4 Å². The zero-order valence-corrected chi connectivity index (χ0v) is 11.9. The lowest BCUT2D eigenvalue weighted by atomic mass is 9.98. The largest absolute Gasteiger partial charge is 0.469 e. The van der Waals surface area contributed by atoms with Gasteiger partial charge in [0.2, 0.25) is 0 Å². The quantitative estimate of drug-likeness (QED) is 0.485. The molecule has 1 atom stereocenters. The third-order valence-electron chi connectivity index (χ3n) is 2.67. The van der Waals surface area contributed by atoms with Gasteiger partial charge in [0.1, 0.15) is 0 Å². The van der Waals surface area contributed by atoms with E-state index in [1.807, 2.05) is 6.92 Å². The molecule has 1 rings (SSSR count). The fourth-order valence-corrected chi connectivity index (χ4v) is 2.15. The molecule has 96 valence electrons. The summed E-state index contributed by atoms with van der Waals surface area (Å²) in [6.45, 7) is 1.99. The Balaban J connectivity index is 3.34. The van der Waals surface area contributed by atoms with Crippen LogP contribution < -0.4 is 5.56 Å². The van der Waals surface area contributed by atoms with Gasteiger partial charge in [-0.1, -0.05) is 18.9 Å². The first-order valence-electron chi connectivity index (χ1n) is 5.47. The first-order chi connectivity index (χ1) is 8.56. The number of terminal acetylenes is 1. The van der Waals surface area contributed by atoms with Gasteiger partial charge >= 0.3 is 5.97 Å². The molecule has 0 N–H and O–H groups in total. The predicted octanol–water partition coefficient (Wildman–Crippen LogP) is 1.91. The summed E-state index contributed by atoms with van der Waals surface area (Å²) in [5.74, 6) is 1.44. The smallest absolute Gasteiger partial charge is 0.313 e. The molecule has 5 heteroatoms. The number of carbonyl (C=O) groups excluding carboxylic acids is 1. The summed E-state index contributed by atoms with van der Waals surface area (Å²) in [7, 11) is 1.31. The van der Waals surface area contributed by atoms with E-state index < -0.39 is 11.9 Å². The van der Waals surface area contributed by atoms with Gasteiger partial charge in [0, 0.05) is 5.56 Å². The Morgan fingerprint density at radius 3 is 2.78 bits per heavy atom. The van der Waals surface area contributed by atoms with Crippen molar-refractivity contribution in [3.63, 3.8) is 0 Å². The van der Waals surface area contributed by atoms with E-state index in [1.54, 1.807) is 12.1 Å². The van der Waals surface area contributed by atoms with Crippen LogP contribution in [0.25, 0.3) is 0 Å². The maximum absolute atomic E-state index is 12.2. The molecule has 18 heavy (non-hydrogen) atoms. The number of halogens is 1. The molecule has 0 aliphatic carbocycles. The average Bonchev–Trinajstić information content (AvgIpc) is 2.37. The second kappa shape index (κ2) is 6.41. The highest BCUT2D eigenvalue weighted by atomic mass is 79.9. The predicted molar refractivity (Wildman–Crippen MR) is 72.3 cm³/mol. The van der Waals surface area contributed by atoms with E-state index in [2.05, 4.69) is 21.9 Å². The highest BCUT2D eigenvalue weighted by Crippen LogP contribution is 2.19. The summed E-state index contributed by atoms with van der Waals surface area (Å²) in [6.07, 6.45) is 5.72. The van der Waals surface area contributed by atoms with E-state index in [0.29, 0.717) is 16.6 Å². The maximum atomic E-state index is 12.2. The van der Waals surface area contributed by atoms with Crippen LogP contribution in [0.3, 0.4) is 0 Å². The Morgan fingerprint density at radius 2 is 2.28 bits per heavy atom. The van der Waals surface area contributed by atoms with E-state index >= 15 is 0 Å². The topological polar surface area (TPSA) is 48.3 Å². The van der Waals surface area contributed by atoms with Gasteiger partial charge in [-0.15, -0.1) is 6.42 Å². The number of rotatable bonds is 4. The molecule has 0 radical (unpaired) electrons. The second-order valence-electron chi connectivity index (χ2n) is 3.69. The average molecular weight is 312 g/mol. The van der Waals surface area contributed by atoms with Crippen molar-refractivity contribution < 1.29 is 9.53 Å². The Morgan fingerprint density at radius 1 is 1.61 bits per heavy atom. The first-order valence-corrected chi connectivity index (χ1v) is 6.26. The molecule has 0 aliphatic heterocycles. The minimum Gasteiger partial charge on any atom is -0.469 e. The number of carbonyl (C=O) groups is 1. The Labute approximate surface area is 114 Å². The minimum absolute atomic E-state index is 0.158. The molecule has 1 aromatic heterocycles. The summed E-state index contributed by atoms with van der Waals surface area (Å²) in [5, 5.41) is 0. The molecular formula is C13H14BrNO3. The van der Waals surface area contributed by atoms with Crippen LogP contribution in [-0.2, 0) is 16.1 Å². The van der Waals surface area contributed by atoms with Crippen molar-refractivity contribution in [1.82, 2.24) is 4.57 Å². The summed E-state index contributed by atoms with van der Waals surface area (Å²) in [4.78, 5) is 23.9. The molecule has 0 bridgehead atoms. The lowest BCUT2D eigenvalue weighted by molar-refractivity contribution is -0.142. The third kappa shape index (κ3) is 2.82. The molecule has 0 saturated heterocycles. The number of methoxy groups -OCH3 is 1. The maximum Gasteiger partial charge on any atom is 0.313 e. The van der Waals surface area contributed by atoms with Crippen LogP contribution >= 0.6 is 15.9 Å². The number of ether oxygens (including phenoxy) is 1. The van der Waals surface area contributed by atoms with Gasteiger partial charge in [-0.3, -0.25) is 14.2 Å². The van der Waals surface area contributed by atoms with Gasteiger partial charge in [-0.2, -0.15) is 0 Å². The number of hydrogen-bond donors (Lipinski definition) is 0. The molecule has 0 amide bonds. The molecule has 0 saturated carbocycles. The van der Waals surface area contributed by atoms with Crippen molar-refractivity contribution in [2.75, 3.05) is 7.11 Å². The molecule has 1 unspecified atom stereocenters. The molecule has 0 aromatic carbocycles. The van der Waals surface area contributed by atoms with E-state index in [0.717, 1.165) is 0 Å². The van der Waals surface area contributed by atoms with Crippen LogP contribution in [0.15, 0.2) is 21.5 Å². The Kier molecular flexibility index (Phi) is 5.17. The summed E-state index contributed by atoms with van der Waals surface area (Å²) >= 11 is 3.26.